The predicted octanol–water partition coefficient (Wildman–Crippen LogP) is 4.01. The van der Waals surface area contributed by atoms with Gasteiger partial charge in [0.1, 0.15) is 0 Å². The zero-order valence-electron chi connectivity index (χ0n) is 10.2. The molecule has 0 spiro atoms. The Bertz CT molecular complexity index is 573. The third-order valence-corrected chi connectivity index (χ3v) is 3.42. The maximum Gasteiger partial charge on any atom is 0.271 e. The number of rotatable bonds is 5. The molecule has 4 nitrogen and oxygen atoms in total. The fourth-order valence-corrected chi connectivity index (χ4v) is 2.14. The normalized spacial score (nSPS) is 10.2. The highest BCUT2D eigenvalue weighted by Gasteiger charge is 2.08. The second kappa shape index (κ2) is 6.33. The topological polar surface area (TPSA) is 55.2 Å². The van der Waals surface area contributed by atoms with Gasteiger partial charge in [-0.25, -0.2) is 0 Å². The lowest BCUT2D eigenvalue weighted by Crippen LogP contribution is -2.05. The lowest BCUT2D eigenvalue weighted by atomic mass is 10.1. The second-order valence-electron chi connectivity index (χ2n) is 4.08. The maximum atomic E-state index is 10.7. The molecule has 2 rings (SSSR count). The van der Waals surface area contributed by atoms with Crippen molar-refractivity contribution in [3.05, 3.63) is 68.7 Å². The first-order chi connectivity index (χ1) is 9.16. The first-order valence-electron chi connectivity index (χ1n) is 5.88. The number of hydrogen-bond acceptors (Lipinski definition) is 3. The lowest BCUT2D eigenvalue weighted by Gasteiger charge is -2.08. The molecule has 0 radical (unpaired) electrons. The van der Waals surface area contributed by atoms with Crippen molar-refractivity contribution in [2.24, 2.45) is 0 Å². The van der Waals surface area contributed by atoms with Crippen LogP contribution in [0, 0.1) is 10.1 Å². The summed E-state index contributed by atoms with van der Waals surface area (Å²) >= 11 is 3.38. The highest BCUT2D eigenvalue weighted by atomic mass is 79.9. The molecule has 0 unspecified atom stereocenters. The van der Waals surface area contributed by atoms with E-state index in [0.29, 0.717) is 0 Å². The average molecular weight is 321 g/mol. The number of hydrogen-bond donors (Lipinski definition) is 1. The zero-order chi connectivity index (χ0) is 13.7. The van der Waals surface area contributed by atoms with Crippen LogP contribution in [0.2, 0.25) is 0 Å². The van der Waals surface area contributed by atoms with Gasteiger partial charge < -0.3 is 5.32 Å². The van der Waals surface area contributed by atoms with Gasteiger partial charge in [-0.3, -0.25) is 10.1 Å². The summed E-state index contributed by atoms with van der Waals surface area (Å²) in [5, 5.41) is 13.9. The van der Waals surface area contributed by atoms with Crippen LogP contribution in [0.15, 0.2) is 53.0 Å². The monoisotopic (exact) mass is 320 g/mol. The molecular formula is C14H13BrN2O2. The molecule has 0 aliphatic heterocycles. The molecule has 2 aromatic rings. The fourth-order valence-electron chi connectivity index (χ4n) is 1.75. The molecule has 98 valence electrons. The summed E-state index contributed by atoms with van der Waals surface area (Å²) < 4.78 is 0.825. The summed E-state index contributed by atoms with van der Waals surface area (Å²) in [5.74, 6) is 0. The summed E-state index contributed by atoms with van der Waals surface area (Å²) in [4.78, 5) is 10.3. The van der Waals surface area contributed by atoms with Gasteiger partial charge in [0.15, 0.2) is 0 Å². The molecule has 1 N–H and O–H groups in total. The summed E-state index contributed by atoms with van der Waals surface area (Å²) in [5.41, 5.74) is 2.06. The number of anilines is 1. The molecule has 0 fully saturated rings. The third-order valence-electron chi connectivity index (χ3n) is 2.73. The first-order valence-corrected chi connectivity index (χ1v) is 6.68. The summed E-state index contributed by atoms with van der Waals surface area (Å²) in [6, 6.07) is 14.8. The predicted molar refractivity (Wildman–Crippen MR) is 79.4 cm³/mol. The Labute approximate surface area is 119 Å². The Morgan fingerprint density at radius 3 is 2.58 bits per heavy atom. The number of non-ortho nitro benzene ring substituents is 1. The SMILES string of the molecule is O=[N+]([O-])c1ccc(Br)c(NCCc2ccccc2)c1. The summed E-state index contributed by atoms with van der Waals surface area (Å²) in [7, 11) is 0. The van der Waals surface area contributed by atoms with Crippen LogP contribution in [0.5, 0.6) is 0 Å². The Kier molecular flexibility index (Phi) is 4.52. The van der Waals surface area contributed by atoms with Gasteiger partial charge in [0.05, 0.1) is 10.6 Å². The van der Waals surface area contributed by atoms with Crippen LogP contribution in [0.4, 0.5) is 11.4 Å². The summed E-state index contributed by atoms with van der Waals surface area (Å²) in [6.07, 6.45) is 0.871. The molecule has 0 aromatic heterocycles. The molecular weight excluding hydrogens is 308 g/mol. The van der Waals surface area contributed by atoms with Gasteiger partial charge in [0, 0.05) is 23.2 Å². The zero-order valence-corrected chi connectivity index (χ0v) is 11.8. The van der Waals surface area contributed by atoms with E-state index < -0.39 is 4.92 Å². The Morgan fingerprint density at radius 1 is 1.16 bits per heavy atom. The van der Waals surface area contributed by atoms with Crippen LogP contribution >= 0.6 is 15.9 Å². The van der Waals surface area contributed by atoms with Gasteiger partial charge in [-0.1, -0.05) is 30.3 Å². The van der Waals surface area contributed by atoms with Crippen molar-refractivity contribution in [1.29, 1.82) is 0 Å². The molecule has 0 saturated heterocycles. The fraction of sp³-hybridized carbons (Fsp3) is 0.143. The Morgan fingerprint density at radius 2 is 1.89 bits per heavy atom. The van der Waals surface area contributed by atoms with Gasteiger partial charge in [-0.2, -0.15) is 0 Å². The van der Waals surface area contributed by atoms with E-state index in [1.54, 1.807) is 6.07 Å². The van der Waals surface area contributed by atoms with Crippen LogP contribution < -0.4 is 5.32 Å². The van der Waals surface area contributed by atoms with Crippen molar-refractivity contribution >= 4 is 27.3 Å². The van der Waals surface area contributed by atoms with Crippen LogP contribution in [0.25, 0.3) is 0 Å². The van der Waals surface area contributed by atoms with Crippen molar-refractivity contribution in [1.82, 2.24) is 0 Å². The van der Waals surface area contributed by atoms with Gasteiger partial charge in [-0.05, 0) is 34.0 Å². The third kappa shape index (κ3) is 3.79. The lowest BCUT2D eigenvalue weighted by molar-refractivity contribution is -0.384. The quantitative estimate of drug-likeness (QED) is 0.669. The number of nitrogens with zero attached hydrogens (tertiary/aromatic N) is 1. The van der Waals surface area contributed by atoms with Crippen molar-refractivity contribution in [3.8, 4) is 0 Å². The van der Waals surface area contributed by atoms with Crippen molar-refractivity contribution in [2.75, 3.05) is 11.9 Å². The van der Waals surface area contributed by atoms with Gasteiger partial charge in [-0.15, -0.1) is 0 Å². The van der Waals surface area contributed by atoms with E-state index in [1.807, 2.05) is 18.2 Å². The number of nitrogens with one attached hydrogen (secondary N) is 1. The van der Waals surface area contributed by atoms with E-state index in [-0.39, 0.29) is 5.69 Å². The summed E-state index contributed by atoms with van der Waals surface area (Å²) in [6.45, 7) is 0.726. The maximum absolute atomic E-state index is 10.7. The molecule has 0 heterocycles. The van der Waals surface area contributed by atoms with E-state index in [9.17, 15) is 10.1 Å². The van der Waals surface area contributed by atoms with Crippen LogP contribution in [-0.2, 0) is 6.42 Å². The van der Waals surface area contributed by atoms with Crippen LogP contribution in [-0.4, -0.2) is 11.5 Å². The van der Waals surface area contributed by atoms with E-state index in [1.165, 1.54) is 17.7 Å². The molecule has 0 aliphatic carbocycles. The van der Waals surface area contributed by atoms with Crippen LogP contribution in [0.1, 0.15) is 5.56 Å². The standard InChI is InChI=1S/C14H13BrN2O2/c15-13-7-6-12(17(18)19)10-14(13)16-9-8-11-4-2-1-3-5-11/h1-7,10,16H,8-9H2. The van der Waals surface area contributed by atoms with Crippen molar-refractivity contribution in [2.45, 2.75) is 6.42 Å². The molecule has 0 bridgehead atoms. The number of halogens is 1. The Balaban J connectivity index is 1.99. The van der Waals surface area contributed by atoms with E-state index in [0.717, 1.165) is 23.1 Å². The van der Waals surface area contributed by atoms with E-state index >= 15 is 0 Å². The molecule has 2 aromatic carbocycles. The molecule has 0 atom stereocenters. The molecule has 0 aliphatic rings. The average Bonchev–Trinajstić information content (AvgIpc) is 2.42. The highest BCUT2D eigenvalue weighted by molar-refractivity contribution is 9.10. The highest BCUT2D eigenvalue weighted by Crippen LogP contribution is 2.26. The minimum Gasteiger partial charge on any atom is -0.384 e. The van der Waals surface area contributed by atoms with Gasteiger partial charge in [0.2, 0.25) is 0 Å². The van der Waals surface area contributed by atoms with Crippen molar-refractivity contribution < 1.29 is 4.92 Å². The molecule has 0 saturated carbocycles. The first kappa shape index (κ1) is 13.5. The largest absolute Gasteiger partial charge is 0.384 e. The smallest absolute Gasteiger partial charge is 0.271 e. The van der Waals surface area contributed by atoms with Gasteiger partial charge in [0.25, 0.3) is 5.69 Å². The molecule has 19 heavy (non-hydrogen) atoms. The van der Waals surface area contributed by atoms with E-state index in [4.69, 9.17) is 0 Å². The Hall–Kier alpha value is -1.88. The molecule has 0 amide bonds. The second-order valence-corrected chi connectivity index (χ2v) is 4.94. The number of nitro benzene ring substituents is 1. The number of nitro groups is 1. The van der Waals surface area contributed by atoms with Crippen molar-refractivity contribution in [3.63, 3.8) is 0 Å². The minimum atomic E-state index is -0.394. The van der Waals surface area contributed by atoms with E-state index in [2.05, 4.69) is 33.4 Å². The van der Waals surface area contributed by atoms with Gasteiger partial charge >= 0.3 is 0 Å². The minimum absolute atomic E-state index is 0.0883. The molecule has 5 heteroatoms. The number of benzene rings is 2. The van der Waals surface area contributed by atoms with Crippen LogP contribution in [0.3, 0.4) is 0 Å².